The minimum Gasteiger partial charge on any atom is -0.497 e. The Hall–Kier alpha value is -2.94. The van der Waals surface area contributed by atoms with Gasteiger partial charge in [0, 0.05) is 62.8 Å². The number of piperazine rings is 1. The van der Waals surface area contributed by atoms with Gasteiger partial charge in [-0.25, -0.2) is 0 Å². The molecule has 13 heteroatoms. The highest BCUT2D eigenvalue weighted by atomic mass is 16.5. The Morgan fingerprint density at radius 3 is 2.70 bits per heavy atom. The summed E-state index contributed by atoms with van der Waals surface area (Å²) in [6, 6.07) is 6.28. The van der Waals surface area contributed by atoms with E-state index in [1.54, 1.807) is 7.11 Å². The Labute approximate surface area is 253 Å². The number of allylic oxidation sites excluding steroid dienone is 1. The zero-order chi connectivity index (χ0) is 29.5. The van der Waals surface area contributed by atoms with Crippen LogP contribution in [0.5, 0.6) is 5.75 Å². The summed E-state index contributed by atoms with van der Waals surface area (Å²) < 4.78 is 11.6. The summed E-state index contributed by atoms with van der Waals surface area (Å²) in [5.74, 6) is 0.712. The number of nitrogens with one attached hydrogen (secondary N) is 4. The molecule has 6 unspecified atom stereocenters. The number of rotatable bonds is 4. The standard InChI is InChI=1S/C30H45N9O4/c1-35-11-13-36(14-12-35)21-15-20(16-22(17-21)42-2)32-30-31-18-23-27(34-30)39-25-8-7-24-28(33-25)37(26(40)19-43-24)9-5-3-4-6-10-38(39)29(23)41/h4,6,15-17,23-25,27-28,30-34H,3,5,7-14,18-19H2,1-2H3/b6-4-. The molecule has 6 atom stereocenters. The van der Waals surface area contributed by atoms with Gasteiger partial charge >= 0.3 is 0 Å². The maximum absolute atomic E-state index is 13.8. The predicted octanol–water partition coefficient (Wildman–Crippen LogP) is -0.0502. The summed E-state index contributed by atoms with van der Waals surface area (Å²) in [4.78, 5) is 33.4. The maximum atomic E-state index is 13.8. The molecule has 0 aliphatic carbocycles. The summed E-state index contributed by atoms with van der Waals surface area (Å²) in [7, 11) is 3.86. The van der Waals surface area contributed by atoms with Gasteiger partial charge in [-0.3, -0.25) is 30.5 Å². The molecule has 1 aromatic rings. The number of ether oxygens (including phenoxy) is 2. The van der Waals surface area contributed by atoms with E-state index >= 15 is 0 Å². The van der Waals surface area contributed by atoms with Gasteiger partial charge in [-0.05, 0) is 38.8 Å². The molecular formula is C30H45N9O4. The molecule has 234 valence electrons. The van der Waals surface area contributed by atoms with Gasteiger partial charge in [0.25, 0.3) is 0 Å². The number of hydrazine groups is 1. The molecule has 6 aliphatic heterocycles. The first kappa shape index (κ1) is 28.8. The predicted molar refractivity (Wildman–Crippen MR) is 162 cm³/mol. The molecule has 13 nitrogen and oxygen atoms in total. The van der Waals surface area contributed by atoms with E-state index in [1.165, 1.54) is 0 Å². The van der Waals surface area contributed by atoms with E-state index in [0.717, 1.165) is 69.0 Å². The second-order valence-electron chi connectivity index (χ2n) is 12.5. The molecule has 6 heterocycles. The molecule has 5 saturated heterocycles. The van der Waals surface area contributed by atoms with Gasteiger partial charge < -0.3 is 29.5 Å². The number of carbonyl (C=O) groups excluding carboxylic acids is 2. The summed E-state index contributed by atoms with van der Waals surface area (Å²) in [5.41, 5.74) is 2.08. The van der Waals surface area contributed by atoms with Crippen molar-refractivity contribution in [1.82, 2.24) is 35.8 Å². The number of fused-ring (bicyclic) bond motifs is 5. The largest absolute Gasteiger partial charge is 0.497 e. The van der Waals surface area contributed by atoms with E-state index in [1.807, 2.05) is 16.0 Å². The van der Waals surface area contributed by atoms with Crippen LogP contribution in [0, 0.1) is 5.92 Å². The molecule has 1 aromatic carbocycles. The van der Waals surface area contributed by atoms with Crippen molar-refractivity contribution in [3.63, 3.8) is 0 Å². The van der Waals surface area contributed by atoms with Crippen LogP contribution in [-0.2, 0) is 14.3 Å². The van der Waals surface area contributed by atoms with E-state index < -0.39 is 0 Å². The van der Waals surface area contributed by atoms with Crippen molar-refractivity contribution in [3.05, 3.63) is 30.4 Å². The summed E-state index contributed by atoms with van der Waals surface area (Å²) in [5, 5.41) is 18.7. The maximum Gasteiger partial charge on any atom is 0.249 e. The van der Waals surface area contributed by atoms with E-state index in [2.05, 4.69) is 67.4 Å². The van der Waals surface area contributed by atoms with E-state index in [0.29, 0.717) is 19.6 Å². The Morgan fingerprint density at radius 2 is 1.86 bits per heavy atom. The zero-order valence-corrected chi connectivity index (χ0v) is 25.2. The number of likely N-dealkylation sites (N-methyl/N-ethyl adjacent to an activating group) is 1. The van der Waals surface area contributed by atoms with E-state index in [4.69, 9.17) is 9.47 Å². The van der Waals surface area contributed by atoms with Crippen molar-refractivity contribution in [2.45, 2.75) is 56.6 Å². The van der Waals surface area contributed by atoms with Crippen LogP contribution in [-0.4, -0.2) is 129 Å². The highest BCUT2D eigenvalue weighted by molar-refractivity contribution is 5.82. The molecule has 4 N–H and O–H groups in total. The van der Waals surface area contributed by atoms with Crippen LogP contribution < -0.4 is 30.9 Å². The molecule has 2 amide bonds. The number of benzene rings is 1. The molecule has 0 spiro atoms. The lowest BCUT2D eigenvalue weighted by Crippen LogP contribution is -2.72. The lowest BCUT2D eigenvalue weighted by molar-refractivity contribution is -0.176. The molecular weight excluding hydrogens is 550 g/mol. The van der Waals surface area contributed by atoms with E-state index in [9.17, 15) is 9.59 Å². The van der Waals surface area contributed by atoms with Gasteiger partial charge in [-0.15, -0.1) is 0 Å². The minimum absolute atomic E-state index is 0.0288. The third-order valence-corrected chi connectivity index (χ3v) is 9.75. The second-order valence-corrected chi connectivity index (χ2v) is 12.5. The fraction of sp³-hybridized carbons (Fsp3) is 0.667. The van der Waals surface area contributed by atoms with Crippen molar-refractivity contribution in [1.29, 1.82) is 0 Å². The first-order valence-electron chi connectivity index (χ1n) is 15.8. The minimum atomic E-state index is -0.259. The number of amides is 2. The molecule has 5 fully saturated rings. The van der Waals surface area contributed by atoms with E-state index in [-0.39, 0.29) is 55.2 Å². The Kier molecular flexibility index (Phi) is 8.18. The van der Waals surface area contributed by atoms with Crippen molar-refractivity contribution in [2.24, 2.45) is 5.92 Å². The summed E-state index contributed by atoms with van der Waals surface area (Å²) in [6.45, 7) is 5.92. The highest BCUT2D eigenvalue weighted by Crippen LogP contribution is 2.34. The van der Waals surface area contributed by atoms with Crippen LogP contribution in [0.2, 0.25) is 0 Å². The van der Waals surface area contributed by atoms with Gasteiger partial charge in [0.15, 0.2) is 0 Å². The smallest absolute Gasteiger partial charge is 0.249 e. The first-order chi connectivity index (χ1) is 21.0. The molecule has 0 aromatic heterocycles. The number of methoxy groups -OCH3 is 1. The van der Waals surface area contributed by atoms with Crippen LogP contribution in [0.3, 0.4) is 0 Å². The second kappa shape index (κ2) is 12.2. The molecule has 43 heavy (non-hydrogen) atoms. The Balaban J connectivity index is 1.12. The van der Waals surface area contributed by atoms with Gasteiger partial charge in [0.1, 0.15) is 24.8 Å². The third-order valence-electron chi connectivity index (χ3n) is 9.75. The van der Waals surface area contributed by atoms with Crippen LogP contribution >= 0.6 is 0 Å². The first-order valence-corrected chi connectivity index (χ1v) is 15.8. The Bertz CT molecular complexity index is 1220. The number of nitrogens with zero attached hydrogens (tertiary/aromatic N) is 5. The van der Waals surface area contributed by atoms with Crippen LogP contribution in [0.1, 0.15) is 25.7 Å². The topological polar surface area (TPSA) is 117 Å². The van der Waals surface area contributed by atoms with Gasteiger partial charge in [0.2, 0.25) is 11.8 Å². The quantitative estimate of drug-likeness (QED) is 0.351. The average molecular weight is 596 g/mol. The fourth-order valence-electron chi connectivity index (χ4n) is 7.37. The Morgan fingerprint density at radius 1 is 1.00 bits per heavy atom. The molecule has 6 aliphatic rings. The highest BCUT2D eigenvalue weighted by Gasteiger charge is 2.53. The number of anilines is 2. The van der Waals surface area contributed by atoms with Crippen LogP contribution in [0.15, 0.2) is 30.4 Å². The number of carbonyl (C=O) groups is 2. The monoisotopic (exact) mass is 595 g/mol. The fourth-order valence-corrected chi connectivity index (χ4v) is 7.37. The van der Waals surface area contributed by atoms with Crippen LogP contribution in [0.4, 0.5) is 11.4 Å². The lowest BCUT2D eigenvalue weighted by atomic mass is 9.99. The molecule has 0 radical (unpaired) electrons. The summed E-state index contributed by atoms with van der Waals surface area (Å²) in [6.07, 6.45) is 6.81. The van der Waals surface area contributed by atoms with Gasteiger partial charge in [-0.2, -0.15) is 5.01 Å². The SMILES string of the molecule is COc1cc(NC2NCC3C(=O)N4C/C=C\CCCN5C(=O)COC6CCC(NC65)N4C3N2)cc(N2CCN(C)CC2)c1. The lowest BCUT2D eigenvalue weighted by Gasteiger charge is -2.50. The average Bonchev–Trinajstić information content (AvgIpc) is 3.29. The number of piperidine rings is 1. The number of morpholine rings is 1. The third kappa shape index (κ3) is 5.69. The molecule has 7 rings (SSSR count). The van der Waals surface area contributed by atoms with Gasteiger partial charge in [0.05, 0.1) is 38.0 Å². The summed E-state index contributed by atoms with van der Waals surface area (Å²) >= 11 is 0. The van der Waals surface area contributed by atoms with Crippen molar-refractivity contribution in [2.75, 3.05) is 76.8 Å². The zero-order valence-electron chi connectivity index (χ0n) is 25.2. The van der Waals surface area contributed by atoms with Gasteiger partial charge in [-0.1, -0.05) is 12.2 Å². The molecule has 2 bridgehead atoms. The van der Waals surface area contributed by atoms with Crippen molar-refractivity contribution in [3.8, 4) is 5.75 Å². The number of hydrogen-bond acceptors (Lipinski definition) is 11. The van der Waals surface area contributed by atoms with Crippen LogP contribution in [0.25, 0.3) is 0 Å². The molecule has 0 saturated carbocycles. The van der Waals surface area contributed by atoms with Crippen molar-refractivity contribution < 1.29 is 19.1 Å². The normalized spacial score (nSPS) is 34.6. The number of hydrogen-bond donors (Lipinski definition) is 4. The van der Waals surface area contributed by atoms with Crippen molar-refractivity contribution >= 4 is 23.2 Å².